The van der Waals surface area contributed by atoms with Crippen LogP contribution in [0.4, 0.5) is 13.2 Å². The van der Waals surface area contributed by atoms with E-state index in [1.54, 1.807) is 6.07 Å². The number of benzene rings is 1. The van der Waals surface area contributed by atoms with Gasteiger partial charge in [0.05, 0.1) is 17.2 Å². The van der Waals surface area contributed by atoms with Crippen LogP contribution in [0.25, 0.3) is 5.57 Å². The largest absolute Gasteiger partial charge is 0.416 e. The zero-order valence-electron chi connectivity index (χ0n) is 8.30. The maximum absolute atomic E-state index is 12.3. The number of nitriles is 1. The van der Waals surface area contributed by atoms with Crippen LogP contribution in [0.3, 0.4) is 0 Å². The summed E-state index contributed by atoms with van der Waals surface area (Å²) in [6, 6.07) is 6.23. The number of hydrogen-bond donors (Lipinski definition) is 0. The van der Waals surface area contributed by atoms with Crippen molar-refractivity contribution in [2.75, 3.05) is 0 Å². The highest BCUT2D eigenvalue weighted by Gasteiger charge is 2.29. The summed E-state index contributed by atoms with van der Waals surface area (Å²) in [5.41, 5.74) is 0.196. The fraction of sp³-hybridized carbons (Fsp3) is 0.0833. The Kier molecular flexibility index (Phi) is 3.19. The summed E-state index contributed by atoms with van der Waals surface area (Å²) in [6.07, 6.45) is -4.36. The maximum Gasteiger partial charge on any atom is 0.416 e. The van der Waals surface area contributed by atoms with Gasteiger partial charge in [0.25, 0.3) is 0 Å². The Morgan fingerprint density at radius 1 is 1.12 bits per heavy atom. The van der Waals surface area contributed by atoms with Crippen LogP contribution in [-0.2, 0) is 6.18 Å². The minimum Gasteiger partial charge on any atom is -0.192 e. The number of hydrogen-bond acceptors (Lipinski definition) is 1. The van der Waals surface area contributed by atoms with Crippen LogP contribution in [0.15, 0.2) is 43.0 Å². The molecule has 82 valence electrons. The van der Waals surface area contributed by atoms with Gasteiger partial charge in [0.1, 0.15) is 0 Å². The molecule has 0 amide bonds. The summed E-state index contributed by atoms with van der Waals surface area (Å²) in [4.78, 5) is 0. The molecule has 0 radical (unpaired) electrons. The lowest BCUT2D eigenvalue weighted by molar-refractivity contribution is -0.137. The second-order valence-electron chi connectivity index (χ2n) is 3.14. The van der Waals surface area contributed by atoms with E-state index in [-0.39, 0.29) is 5.57 Å². The van der Waals surface area contributed by atoms with Crippen molar-refractivity contribution < 1.29 is 13.2 Å². The number of allylic oxidation sites excluding steroid dienone is 2. The Labute approximate surface area is 91.1 Å². The van der Waals surface area contributed by atoms with Gasteiger partial charge < -0.3 is 0 Å². The van der Waals surface area contributed by atoms with Crippen LogP contribution < -0.4 is 0 Å². The summed E-state index contributed by atoms with van der Waals surface area (Å²) in [7, 11) is 0. The molecule has 1 rings (SSSR count). The summed E-state index contributed by atoms with van der Waals surface area (Å²) >= 11 is 0. The van der Waals surface area contributed by atoms with Gasteiger partial charge in [0, 0.05) is 0 Å². The van der Waals surface area contributed by atoms with Gasteiger partial charge in [-0.05, 0) is 23.3 Å². The molecule has 1 aromatic rings. The first-order valence-electron chi connectivity index (χ1n) is 4.32. The molecule has 0 atom stereocenters. The summed E-state index contributed by atoms with van der Waals surface area (Å²) in [6.45, 7) is 7.02. The third kappa shape index (κ3) is 2.51. The minimum atomic E-state index is -4.36. The Hall–Kier alpha value is -2.02. The van der Waals surface area contributed by atoms with Gasteiger partial charge in [-0.3, -0.25) is 0 Å². The molecule has 0 spiro atoms. The van der Waals surface area contributed by atoms with E-state index in [4.69, 9.17) is 5.26 Å². The molecule has 1 nitrogen and oxygen atoms in total. The van der Waals surface area contributed by atoms with E-state index in [0.717, 1.165) is 12.1 Å². The predicted octanol–water partition coefficient (Wildman–Crippen LogP) is 3.80. The molecule has 0 aliphatic heterocycles. The topological polar surface area (TPSA) is 23.8 Å². The SMILES string of the molecule is C=C(C#N)C(=C)c1ccc(C(F)(F)F)cc1. The van der Waals surface area contributed by atoms with E-state index in [2.05, 4.69) is 13.2 Å². The molecule has 1 aromatic carbocycles. The number of halogens is 3. The number of alkyl halides is 3. The van der Waals surface area contributed by atoms with E-state index in [9.17, 15) is 13.2 Å². The molecule has 0 saturated heterocycles. The lowest BCUT2D eigenvalue weighted by atomic mass is 10.0. The fourth-order valence-corrected chi connectivity index (χ4v) is 1.10. The molecule has 0 bridgehead atoms. The molecule has 0 aliphatic rings. The Balaban J connectivity index is 3.02. The number of rotatable bonds is 2. The zero-order valence-corrected chi connectivity index (χ0v) is 8.30. The second kappa shape index (κ2) is 4.23. The van der Waals surface area contributed by atoms with Crippen molar-refractivity contribution >= 4 is 5.57 Å². The van der Waals surface area contributed by atoms with Crippen molar-refractivity contribution in [3.63, 3.8) is 0 Å². The Bertz CT molecular complexity index is 461. The molecule has 0 heterocycles. The van der Waals surface area contributed by atoms with Crippen molar-refractivity contribution in [3.8, 4) is 6.07 Å². The van der Waals surface area contributed by atoms with Crippen LogP contribution in [0.5, 0.6) is 0 Å². The van der Waals surface area contributed by atoms with Gasteiger partial charge >= 0.3 is 6.18 Å². The van der Waals surface area contributed by atoms with Crippen molar-refractivity contribution in [2.45, 2.75) is 6.18 Å². The van der Waals surface area contributed by atoms with E-state index < -0.39 is 11.7 Å². The highest BCUT2D eigenvalue weighted by atomic mass is 19.4. The lowest BCUT2D eigenvalue weighted by Crippen LogP contribution is -2.04. The first-order chi connectivity index (χ1) is 7.36. The second-order valence-corrected chi connectivity index (χ2v) is 3.14. The first-order valence-corrected chi connectivity index (χ1v) is 4.32. The molecule has 0 saturated carbocycles. The molecular formula is C12H8F3N. The normalized spacial score (nSPS) is 10.6. The third-order valence-corrected chi connectivity index (χ3v) is 2.06. The average molecular weight is 223 g/mol. The quantitative estimate of drug-likeness (QED) is 0.552. The molecular weight excluding hydrogens is 215 g/mol. The lowest BCUT2D eigenvalue weighted by Gasteiger charge is -2.08. The molecule has 0 aliphatic carbocycles. The van der Waals surface area contributed by atoms with Crippen LogP contribution in [-0.4, -0.2) is 0 Å². The van der Waals surface area contributed by atoms with E-state index >= 15 is 0 Å². The van der Waals surface area contributed by atoms with E-state index in [1.165, 1.54) is 12.1 Å². The molecule has 16 heavy (non-hydrogen) atoms. The van der Waals surface area contributed by atoms with Gasteiger partial charge in [-0.25, -0.2) is 0 Å². The average Bonchev–Trinajstić information content (AvgIpc) is 2.26. The van der Waals surface area contributed by atoms with Crippen LogP contribution in [0.2, 0.25) is 0 Å². The van der Waals surface area contributed by atoms with E-state index in [1.807, 2.05) is 0 Å². The summed E-state index contributed by atoms with van der Waals surface area (Å²) in [5, 5.41) is 8.56. The van der Waals surface area contributed by atoms with Crippen molar-refractivity contribution in [1.82, 2.24) is 0 Å². The smallest absolute Gasteiger partial charge is 0.192 e. The Morgan fingerprint density at radius 2 is 1.62 bits per heavy atom. The van der Waals surface area contributed by atoms with Crippen LogP contribution >= 0.6 is 0 Å². The Morgan fingerprint density at radius 3 is 2.00 bits per heavy atom. The minimum absolute atomic E-state index is 0.139. The van der Waals surface area contributed by atoms with Gasteiger partial charge in [-0.1, -0.05) is 25.3 Å². The van der Waals surface area contributed by atoms with Crippen LogP contribution in [0, 0.1) is 11.3 Å². The van der Waals surface area contributed by atoms with E-state index in [0.29, 0.717) is 11.1 Å². The van der Waals surface area contributed by atoms with Crippen LogP contribution in [0.1, 0.15) is 11.1 Å². The van der Waals surface area contributed by atoms with Gasteiger partial charge in [0.15, 0.2) is 0 Å². The van der Waals surface area contributed by atoms with Crippen molar-refractivity contribution in [1.29, 1.82) is 5.26 Å². The number of nitrogens with zero attached hydrogens (tertiary/aromatic N) is 1. The van der Waals surface area contributed by atoms with Gasteiger partial charge in [-0.15, -0.1) is 0 Å². The predicted molar refractivity (Wildman–Crippen MR) is 55.2 cm³/mol. The molecule has 4 heteroatoms. The monoisotopic (exact) mass is 223 g/mol. The summed E-state index contributed by atoms with van der Waals surface area (Å²) < 4.78 is 36.8. The zero-order chi connectivity index (χ0) is 12.3. The fourth-order valence-electron chi connectivity index (χ4n) is 1.10. The van der Waals surface area contributed by atoms with Gasteiger partial charge in [0.2, 0.25) is 0 Å². The standard InChI is InChI=1S/C12H8F3N/c1-8(7-16)9(2)10-3-5-11(6-4-10)12(13,14)15/h3-6H,1-2H2. The maximum atomic E-state index is 12.3. The summed E-state index contributed by atoms with van der Waals surface area (Å²) in [5.74, 6) is 0. The molecule has 0 N–H and O–H groups in total. The molecule has 0 unspecified atom stereocenters. The highest BCUT2D eigenvalue weighted by molar-refractivity contribution is 5.80. The van der Waals surface area contributed by atoms with Crippen molar-refractivity contribution in [2.24, 2.45) is 0 Å². The van der Waals surface area contributed by atoms with Crippen molar-refractivity contribution in [3.05, 3.63) is 54.1 Å². The molecule has 0 aromatic heterocycles. The molecule has 0 fully saturated rings. The van der Waals surface area contributed by atoms with Gasteiger partial charge in [-0.2, -0.15) is 18.4 Å². The third-order valence-electron chi connectivity index (χ3n) is 2.06. The first kappa shape index (κ1) is 12.1. The highest BCUT2D eigenvalue weighted by Crippen LogP contribution is 2.30.